The van der Waals surface area contributed by atoms with Crippen molar-refractivity contribution in [2.24, 2.45) is 0 Å². The molecule has 0 radical (unpaired) electrons. The Kier molecular flexibility index (Phi) is 4.93. The zero-order chi connectivity index (χ0) is 17.9. The minimum absolute atomic E-state index is 0.156. The molecule has 0 fully saturated rings. The Balaban J connectivity index is 2.20. The summed E-state index contributed by atoms with van der Waals surface area (Å²) in [5.74, 6) is -0.576. The van der Waals surface area contributed by atoms with Crippen molar-refractivity contribution in [3.63, 3.8) is 0 Å². The van der Waals surface area contributed by atoms with Gasteiger partial charge in [0, 0.05) is 5.56 Å². The maximum absolute atomic E-state index is 11.6. The predicted molar refractivity (Wildman–Crippen MR) is 101 cm³/mol. The quantitative estimate of drug-likeness (QED) is 0.584. The van der Waals surface area contributed by atoms with Crippen molar-refractivity contribution >= 4 is 29.0 Å². The summed E-state index contributed by atoms with van der Waals surface area (Å²) in [5.41, 5.74) is 0.420. The van der Waals surface area contributed by atoms with Gasteiger partial charge < -0.3 is 13.3 Å². The first-order valence-corrected chi connectivity index (χ1v) is 8.28. The van der Waals surface area contributed by atoms with E-state index < -0.39 is 11.6 Å². The van der Waals surface area contributed by atoms with Crippen molar-refractivity contribution in [1.29, 1.82) is 0 Å². The van der Waals surface area contributed by atoms with Crippen molar-refractivity contribution in [3.8, 4) is 5.75 Å². The summed E-state index contributed by atoms with van der Waals surface area (Å²) in [5, 5.41) is 20.7. The normalized spacial score (nSPS) is 12.7. The molecule has 5 heteroatoms. The fraction of sp³-hybridized carbons (Fsp3) is 0.0500. The Morgan fingerprint density at radius 3 is 2.24 bits per heavy atom. The van der Waals surface area contributed by atoms with Crippen LogP contribution >= 0.6 is 23.0 Å². The van der Waals surface area contributed by atoms with E-state index >= 15 is 0 Å². The van der Waals surface area contributed by atoms with E-state index in [1.54, 1.807) is 47.3 Å². The summed E-state index contributed by atoms with van der Waals surface area (Å²) < 4.78 is 5.17. The van der Waals surface area contributed by atoms with E-state index in [2.05, 4.69) is 12.1 Å². The molecule has 2 N–H and O–H groups in total. The topological polar surface area (TPSA) is 66.8 Å². The Morgan fingerprint density at radius 2 is 1.64 bits per heavy atom. The highest BCUT2D eigenvalue weighted by Gasteiger charge is 2.34. The first-order valence-electron chi connectivity index (χ1n) is 7.40. The van der Waals surface area contributed by atoms with E-state index in [-0.39, 0.29) is 5.56 Å². The van der Waals surface area contributed by atoms with E-state index in [0.717, 1.165) is 0 Å². The molecule has 0 spiro atoms. The molecule has 0 aromatic heterocycles. The van der Waals surface area contributed by atoms with Crippen molar-refractivity contribution in [2.75, 3.05) is 0 Å². The highest BCUT2D eigenvalue weighted by Crippen LogP contribution is 2.37. The number of halogens is 1. The average molecular weight is 444 g/mol. The number of rotatable bonds is 5. The lowest BCUT2D eigenvalue weighted by Crippen LogP contribution is -2.28. The third-order valence-corrected chi connectivity index (χ3v) is 4.43. The van der Waals surface area contributed by atoms with Gasteiger partial charge in [-0.25, -0.2) is 4.79 Å². The second kappa shape index (κ2) is 7.13. The zero-order valence-corrected chi connectivity index (χ0v) is 15.1. The summed E-state index contributed by atoms with van der Waals surface area (Å²) in [6.07, 6.45) is 0. The van der Waals surface area contributed by atoms with Gasteiger partial charge in [0.1, 0.15) is 5.60 Å². The summed E-state index contributed by atoms with van der Waals surface area (Å²) in [7, 11) is 0. The van der Waals surface area contributed by atoms with Gasteiger partial charge in [0.15, 0.2) is 28.8 Å². The molecule has 3 rings (SSSR count). The molecule has 0 amide bonds. The Morgan fingerprint density at radius 1 is 1.00 bits per heavy atom. The monoisotopic (exact) mass is 444 g/mol. The van der Waals surface area contributed by atoms with Crippen LogP contribution in [0.25, 0.3) is 0 Å². The molecule has 1 unspecified atom stereocenters. The van der Waals surface area contributed by atoms with Crippen LogP contribution in [0.1, 0.15) is 27.0 Å². The first-order chi connectivity index (χ1) is 12.1. The van der Waals surface area contributed by atoms with E-state index in [1.165, 1.54) is 12.1 Å². The van der Waals surface area contributed by atoms with Gasteiger partial charge in [0.25, 0.3) is 0 Å². The van der Waals surface area contributed by atoms with Crippen LogP contribution < -0.4 is 3.07 Å². The molecule has 25 heavy (non-hydrogen) atoms. The highest BCUT2D eigenvalue weighted by atomic mass is 127. The van der Waals surface area contributed by atoms with Gasteiger partial charge in [0.2, 0.25) is 0 Å². The van der Waals surface area contributed by atoms with E-state index in [4.69, 9.17) is 8.17 Å². The lowest BCUT2D eigenvalue weighted by Gasteiger charge is -2.30. The molecule has 124 valence electrons. The van der Waals surface area contributed by atoms with Gasteiger partial charge in [-0.15, -0.1) is 0 Å². The molecule has 0 saturated heterocycles. The van der Waals surface area contributed by atoms with Gasteiger partial charge in [-0.2, -0.15) is 0 Å². The fourth-order valence-corrected chi connectivity index (χ4v) is 2.92. The van der Waals surface area contributed by atoms with Crippen LogP contribution in [-0.2, 0) is 5.60 Å². The van der Waals surface area contributed by atoms with Gasteiger partial charge in [0.05, 0.1) is 5.56 Å². The predicted octanol–water partition coefficient (Wildman–Crippen LogP) is 4.00. The minimum Gasteiger partial charge on any atom is -0.478 e. The number of hydrogen-bond acceptors (Lipinski definition) is 3. The molecule has 0 saturated carbocycles. The third-order valence-electron chi connectivity index (χ3n) is 3.95. The number of aliphatic hydroxyl groups is 1. The van der Waals surface area contributed by atoms with Crippen molar-refractivity contribution < 1.29 is 18.1 Å². The molecule has 4 nitrogen and oxygen atoms in total. The number of carbonyl (C=O) groups is 1. The first kappa shape index (κ1) is 17.3. The molecule has 3 aromatic carbocycles. The van der Waals surface area contributed by atoms with E-state index in [1.807, 2.05) is 30.3 Å². The maximum Gasteiger partial charge on any atom is 0.335 e. The summed E-state index contributed by atoms with van der Waals surface area (Å²) >= 11 is 1.74. The molecule has 0 aliphatic carbocycles. The van der Waals surface area contributed by atoms with Gasteiger partial charge in [-0.1, -0.05) is 48.5 Å². The van der Waals surface area contributed by atoms with Crippen LogP contribution in [0.15, 0.2) is 66.7 Å². The number of carboxylic acids is 1. The highest BCUT2D eigenvalue weighted by molar-refractivity contribution is 14.1. The number of hydrogen-bond donors (Lipinski definition) is 2. The van der Waals surface area contributed by atoms with Crippen LogP contribution in [0.5, 0.6) is 5.75 Å². The molecule has 0 aliphatic rings. The standard InChI is InChI=1S/C20H13IO4/c21-25-18-8-4-7-17(13-18)20(24,15-5-2-1-3-6-15)16-11-9-14(10-12-16)19(22)23/h1-3,5-7,9-13,24H,(H,22,23). The molecular weight excluding hydrogens is 431 g/mol. The van der Waals surface area contributed by atoms with Crippen LogP contribution in [-0.4, -0.2) is 16.2 Å². The summed E-state index contributed by atoms with van der Waals surface area (Å²) in [6, 6.07) is 24.3. The number of carboxylic acid groups (broad SMARTS) is 1. The zero-order valence-electron chi connectivity index (χ0n) is 12.9. The molecule has 0 aliphatic heterocycles. The number of benzene rings is 2. The van der Waals surface area contributed by atoms with Gasteiger partial charge in [-0.05, 0) is 41.5 Å². The van der Waals surface area contributed by atoms with Crippen molar-refractivity contribution in [1.82, 2.24) is 0 Å². The van der Waals surface area contributed by atoms with Crippen LogP contribution in [0.2, 0.25) is 0 Å². The molecule has 3 aromatic rings. The van der Waals surface area contributed by atoms with Crippen molar-refractivity contribution in [3.05, 3.63) is 101 Å². The molecule has 0 bridgehead atoms. The maximum atomic E-state index is 11.6. The summed E-state index contributed by atoms with van der Waals surface area (Å²) in [6.45, 7) is 0. The molecule has 1 atom stereocenters. The second-order valence-electron chi connectivity index (χ2n) is 5.41. The lowest BCUT2D eigenvalue weighted by atomic mass is 9.80. The minimum atomic E-state index is -1.48. The lowest BCUT2D eigenvalue weighted by molar-refractivity contribution is 0.0696. The Bertz CT molecular complexity index is 878. The second-order valence-corrected chi connectivity index (χ2v) is 5.85. The van der Waals surface area contributed by atoms with Gasteiger partial charge >= 0.3 is 5.97 Å². The fourth-order valence-electron chi connectivity index (χ4n) is 2.69. The van der Waals surface area contributed by atoms with E-state index in [0.29, 0.717) is 22.4 Å². The Hall–Kier alpha value is -2.56. The smallest absolute Gasteiger partial charge is 0.335 e. The van der Waals surface area contributed by atoms with E-state index in [9.17, 15) is 9.90 Å². The Labute approximate surface area is 159 Å². The van der Waals surface area contributed by atoms with Crippen LogP contribution in [0.4, 0.5) is 0 Å². The van der Waals surface area contributed by atoms with Crippen LogP contribution in [0, 0.1) is 12.1 Å². The largest absolute Gasteiger partial charge is 0.478 e. The average Bonchev–Trinajstić information content (AvgIpc) is 2.68. The van der Waals surface area contributed by atoms with Crippen molar-refractivity contribution in [2.45, 2.75) is 5.60 Å². The summed E-state index contributed by atoms with van der Waals surface area (Å²) in [4.78, 5) is 11.1. The molecule has 0 heterocycles. The number of aromatic carboxylic acids is 1. The third kappa shape index (κ3) is 3.31. The van der Waals surface area contributed by atoms with Crippen LogP contribution in [0.3, 0.4) is 0 Å². The SMILES string of the molecule is O=C(O)c1ccc(C(O)(c2ccccc2)c2cc#cc(OI)c2)cc1. The molecular formula is C20H13IO4. The van der Waals surface area contributed by atoms with Gasteiger partial charge in [-0.3, -0.25) is 0 Å².